The molecule has 0 atom stereocenters. The minimum atomic E-state index is -0.552. The van der Waals surface area contributed by atoms with E-state index in [1.165, 1.54) is 10.8 Å². The number of nitrogens with zero attached hydrogens (tertiary/aromatic N) is 1. The van der Waals surface area contributed by atoms with Crippen LogP contribution in [0, 0.1) is 0 Å². The Hall–Kier alpha value is -1.29. The van der Waals surface area contributed by atoms with Crippen molar-refractivity contribution < 1.29 is 0 Å². The maximum absolute atomic E-state index is 11.1. The van der Waals surface area contributed by atoms with Crippen LogP contribution in [0.2, 0.25) is 5.02 Å². The Balaban J connectivity index is 3.16. The molecule has 4 nitrogen and oxygen atoms in total. The fourth-order valence-electron chi connectivity index (χ4n) is 0.837. The lowest BCUT2D eigenvalue weighted by molar-refractivity contribution is 0.735. The van der Waals surface area contributed by atoms with Gasteiger partial charge in [-0.05, 0) is 6.92 Å². The molecule has 0 bridgehead atoms. The molecule has 0 saturated heterocycles. The first-order chi connectivity index (χ1) is 6.15. The van der Waals surface area contributed by atoms with E-state index in [9.17, 15) is 9.59 Å². The van der Waals surface area contributed by atoms with Crippen LogP contribution < -0.4 is 11.2 Å². The zero-order valence-electron chi connectivity index (χ0n) is 7.08. The molecule has 70 valence electrons. The molecule has 1 heterocycles. The van der Waals surface area contributed by atoms with Crippen molar-refractivity contribution in [3.8, 4) is 0 Å². The number of rotatable bonds is 2. The summed E-state index contributed by atoms with van der Waals surface area (Å²) in [5.41, 5.74) is -1.00. The van der Waals surface area contributed by atoms with E-state index >= 15 is 0 Å². The zero-order valence-corrected chi connectivity index (χ0v) is 7.84. The number of aromatic nitrogens is 2. The molecule has 0 unspecified atom stereocenters. The standard InChI is InChI=1S/C8H9ClN2O2/c1-2-3-4-11-5-6(9)7(12)10-8(11)13/h2-3,5H,4H2,1H3,(H,10,12,13)/b3-2+. The Kier molecular flexibility index (Phi) is 3.08. The van der Waals surface area contributed by atoms with E-state index in [0.29, 0.717) is 6.54 Å². The summed E-state index contributed by atoms with van der Waals surface area (Å²) in [5, 5.41) is 0.0177. The first-order valence-electron chi connectivity index (χ1n) is 3.75. The first-order valence-corrected chi connectivity index (χ1v) is 4.13. The van der Waals surface area contributed by atoms with E-state index < -0.39 is 11.2 Å². The van der Waals surface area contributed by atoms with Crippen LogP contribution in [0.15, 0.2) is 27.9 Å². The van der Waals surface area contributed by atoms with Gasteiger partial charge in [-0.25, -0.2) is 4.79 Å². The number of hydrogen-bond acceptors (Lipinski definition) is 2. The third-order valence-electron chi connectivity index (χ3n) is 1.51. The largest absolute Gasteiger partial charge is 0.328 e. The van der Waals surface area contributed by atoms with E-state index in [1.54, 1.807) is 6.08 Å². The highest BCUT2D eigenvalue weighted by atomic mass is 35.5. The summed E-state index contributed by atoms with van der Waals surface area (Å²) in [5.74, 6) is 0. The van der Waals surface area contributed by atoms with Crippen LogP contribution in [0.1, 0.15) is 6.92 Å². The Labute approximate surface area is 79.5 Å². The fraction of sp³-hybridized carbons (Fsp3) is 0.250. The highest BCUT2D eigenvalue weighted by molar-refractivity contribution is 6.30. The molecule has 1 aromatic heterocycles. The van der Waals surface area contributed by atoms with E-state index in [2.05, 4.69) is 4.98 Å². The molecule has 0 radical (unpaired) electrons. The van der Waals surface area contributed by atoms with Gasteiger partial charge in [0.25, 0.3) is 5.56 Å². The monoisotopic (exact) mass is 200 g/mol. The summed E-state index contributed by atoms with van der Waals surface area (Å²) in [6.07, 6.45) is 4.92. The van der Waals surface area contributed by atoms with Crippen LogP contribution in [0.5, 0.6) is 0 Å². The SMILES string of the molecule is C/C=C/Cn1cc(Cl)c(=O)[nH]c1=O. The van der Waals surface area contributed by atoms with Gasteiger partial charge in [0.1, 0.15) is 5.02 Å². The highest BCUT2D eigenvalue weighted by Crippen LogP contribution is 1.95. The average molecular weight is 201 g/mol. The van der Waals surface area contributed by atoms with Gasteiger partial charge in [-0.3, -0.25) is 14.3 Å². The third kappa shape index (κ3) is 2.32. The van der Waals surface area contributed by atoms with Gasteiger partial charge in [0.05, 0.1) is 0 Å². The van der Waals surface area contributed by atoms with Crippen LogP contribution in [0.25, 0.3) is 0 Å². The van der Waals surface area contributed by atoms with Crippen molar-refractivity contribution >= 4 is 11.6 Å². The third-order valence-corrected chi connectivity index (χ3v) is 1.77. The highest BCUT2D eigenvalue weighted by Gasteiger charge is 1.99. The number of H-pyrrole nitrogens is 1. The van der Waals surface area contributed by atoms with E-state index in [1.807, 2.05) is 13.0 Å². The van der Waals surface area contributed by atoms with Crippen LogP contribution in [-0.4, -0.2) is 9.55 Å². The van der Waals surface area contributed by atoms with Crippen molar-refractivity contribution in [2.45, 2.75) is 13.5 Å². The second-order valence-corrected chi connectivity index (χ2v) is 2.86. The number of nitrogens with one attached hydrogen (secondary N) is 1. The van der Waals surface area contributed by atoms with Crippen molar-refractivity contribution in [1.82, 2.24) is 9.55 Å². The Bertz CT molecular complexity index is 431. The molecule has 5 heteroatoms. The van der Waals surface area contributed by atoms with Crippen LogP contribution >= 0.6 is 11.6 Å². The molecular weight excluding hydrogens is 192 g/mol. The average Bonchev–Trinajstić information content (AvgIpc) is 2.09. The molecule has 0 aromatic carbocycles. The smallest absolute Gasteiger partial charge is 0.295 e. The molecule has 1 N–H and O–H groups in total. The van der Waals surface area contributed by atoms with E-state index in [-0.39, 0.29) is 5.02 Å². The molecule has 0 fully saturated rings. The van der Waals surface area contributed by atoms with E-state index in [4.69, 9.17) is 11.6 Å². The predicted molar refractivity (Wildman–Crippen MR) is 51.1 cm³/mol. The van der Waals surface area contributed by atoms with Crippen molar-refractivity contribution in [2.24, 2.45) is 0 Å². The lowest BCUT2D eigenvalue weighted by atomic mass is 10.5. The minimum absolute atomic E-state index is 0.0177. The topological polar surface area (TPSA) is 54.9 Å². The quantitative estimate of drug-likeness (QED) is 0.717. The molecule has 0 saturated carbocycles. The van der Waals surface area contributed by atoms with Crippen molar-refractivity contribution in [2.75, 3.05) is 0 Å². The summed E-state index contributed by atoms with van der Waals surface area (Å²) in [4.78, 5) is 24.1. The van der Waals surface area contributed by atoms with Gasteiger partial charge in [-0.2, -0.15) is 0 Å². The van der Waals surface area contributed by atoms with Crippen LogP contribution in [0.3, 0.4) is 0 Å². The molecule has 0 aliphatic carbocycles. The lowest BCUT2D eigenvalue weighted by Gasteiger charge is -1.99. The normalized spacial score (nSPS) is 10.9. The van der Waals surface area contributed by atoms with Gasteiger partial charge in [0, 0.05) is 12.7 Å². The lowest BCUT2D eigenvalue weighted by Crippen LogP contribution is -2.29. The van der Waals surface area contributed by atoms with Crippen LogP contribution in [0.4, 0.5) is 0 Å². The maximum Gasteiger partial charge on any atom is 0.328 e. The predicted octanol–water partition coefficient (Wildman–Crippen LogP) is 0.766. The Morgan fingerprint density at radius 2 is 2.31 bits per heavy atom. The molecule has 13 heavy (non-hydrogen) atoms. The van der Waals surface area contributed by atoms with Crippen molar-refractivity contribution in [1.29, 1.82) is 0 Å². The number of allylic oxidation sites excluding steroid dienone is 2. The second kappa shape index (κ2) is 4.09. The van der Waals surface area contributed by atoms with Crippen LogP contribution in [-0.2, 0) is 6.54 Å². The number of hydrogen-bond donors (Lipinski definition) is 1. The van der Waals surface area contributed by atoms with Crippen molar-refractivity contribution in [3.63, 3.8) is 0 Å². The van der Waals surface area contributed by atoms with Gasteiger partial charge in [0.15, 0.2) is 0 Å². The zero-order chi connectivity index (χ0) is 9.84. The van der Waals surface area contributed by atoms with Gasteiger partial charge >= 0.3 is 5.69 Å². The summed E-state index contributed by atoms with van der Waals surface area (Å²) < 4.78 is 1.32. The molecular formula is C8H9ClN2O2. The second-order valence-electron chi connectivity index (χ2n) is 2.46. The summed E-state index contributed by atoms with van der Waals surface area (Å²) in [6.45, 7) is 2.25. The van der Waals surface area contributed by atoms with Gasteiger partial charge in [-0.15, -0.1) is 0 Å². The summed E-state index contributed by atoms with van der Waals surface area (Å²) in [6, 6.07) is 0. The molecule has 1 rings (SSSR count). The van der Waals surface area contributed by atoms with Gasteiger partial charge in [0.2, 0.25) is 0 Å². The molecule has 1 aromatic rings. The number of halogens is 1. The Morgan fingerprint density at radius 3 is 2.92 bits per heavy atom. The maximum atomic E-state index is 11.1. The molecule has 0 amide bonds. The van der Waals surface area contributed by atoms with Crippen molar-refractivity contribution in [3.05, 3.63) is 44.2 Å². The molecule has 0 aliphatic heterocycles. The molecule has 0 aliphatic rings. The Morgan fingerprint density at radius 1 is 1.62 bits per heavy atom. The molecule has 0 spiro atoms. The fourth-order valence-corrected chi connectivity index (χ4v) is 1.00. The van der Waals surface area contributed by atoms with Gasteiger partial charge in [-0.1, -0.05) is 23.8 Å². The first kappa shape index (κ1) is 9.80. The summed E-state index contributed by atoms with van der Waals surface area (Å²) >= 11 is 5.54. The minimum Gasteiger partial charge on any atom is -0.295 e. The number of aromatic amines is 1. The summed E-state index contributed by atoms with van der Waals surface area (Å²) in [7, 11) is 0. The van der Waals surface area contributed by atoms with Gasteiger partial charge < -0.3 is 0 Å². The van der Waals surface area contributed by atoms with E-state index in [0.717, 1.165) is 0 Å².